The largest absolute Gasteiger partial charge is 0.204 e. The number of hydrogen-bond acceptors (Lipinski definition) is 0. The minimum absolute atomic E-state index is 0.671. The van der Waals surface area contributed by atoms with Gasteiger partial charge in [-0.2, -0.15) is 0 Å². The molecule has 0 aliphatic heterocycles. The molecular weight excluding hydrogens is 182 g/mol. The zero-order valence-electron chi connectivity index (χ0n) is 8.11. The van der Waals surface area contributed by atoms with Crippen LogP contribution in [0.4, 0.5) is 8.78 Å². The van der Waals surface area contributed by atoms with Crippen LogP contribution in [0, 0.1) is 23.5 Å². The van der Waals surface area contributed by atoms with Crippen molar-refractivity contribution < 1.29 is 8.78 Å². The maximum Gasteiger partial charge on any atom is 0.159 e. The Balaban J connectivity index is 2.55. The zero-order valence-corrected chi connectivity index (χ0v) is 8.11. The fraction of sp³-hybridized carbons (Fsp3) is 0.333. The van der Waals surface area contributed by atoms with E-state index in [0.29, 0.717) is 12.8 Å². The fourth-order valence-corrected chi connectivity index (χ4v) is 1.12. The number of benzene rings is 1. The molecule has 1 aromatic rings. The normalized spacial score (nSPS) is 9.36. The monoisotopic (exact) mass is 194 g/mol. The molecule has 0 nitrogen and oxygen atoms in total. The highest BCUT2D eigenvalue weighted by molar-refractivity contribution is 5.19. The molecule has 0 unspecified atom stereocenters. The number of rotatable bonds is 2. The van der Waals surface area contributed by atoms with Crippen molar-refractivity contribution in [2.24, 2.45) is 0 Å². The first-order chi connectivity index (χ1) is 6.74. The third kappa shape index (κ3) is 3.18. The maximum atomic E-state index is 12.7. The van der Waals surface area contributed by atoms with Crippen LogP contribution in [0.5, 0.6) is 0 Å². The summed E-state index contributed by atoms with van der Waals surface area (Å²) >= 11 is 0. The molecular formula is C12H12F2. The van der Waals surface area contributed by atoms with Gasteiger partial charge >= 0.3 is 0 Å². The van der Waals surface area contributed by atoms with Crippen molar-refractivity contribution in [2.75, 3.05) is 0 Å². The van der Waals surface area contributed by atoms with Crippen LogP contribution in [0.3, 0.4) is 0 Å². The van der Waals surface area contributed by atoms with E-state index < -0.39 is 11.6 Å². The molecule has 0 fully saturated rings. The van der Waals surface area contributed by atoms with Gasteiger partial charge in [-0.3, -0.25) is 0 Å². The van der Waals surface area contributed by atoms with Gasteiger partial charge in [0.2, 0.25) is 0 Å². The van der Waals surface area contributed by atoms with Crippen molar-refractivity contribution in [3.63, 3.8) is 0 Å². The van der Waals surface area contributed by atoms with E-state index in [-0.39, 0.29) is 0 Å². The molecule has 0 atom stereocenters. The quantitative estimate of drug-likeness (QED) is 0.633. The van der Waals surface area contributed by atoms with Gasteiger partial charge in [-0.1, -0.05) is 13.0 Å². The summed E-state index contributed by atoms with van der Waals surface area (Å²) < 4.78 is 25.3. The van der Waals surface area contributed by atoms with E-state index in [1.54, 1.807) is 6.07 Å². The van der Waals surface area contributed by atoms with Crippen LogP contribution < -0.4 is 0 Å². The molecule has 0 aliphatic rings. The highest BCUT2D eigenvalue weighted by Gasteiger charge is 2.01. The number of aryl methyl sites for hydroxylation is 1. The van der Waals surface area contributed by atoms with E-state index in [1.165, 1.54) is 6.07 Å². The second-order valence-electron chi connectivity index (χ2n) is 2.96. The Hall–Kier alpha value is -1.36. The average Bonchev–Trinajstić information content (AvgIpc) is 2.18. The Morgan fingerprint density at radius 2 is 1.93 bits per heavy atom. The smallest absolute Gasteiger partial charge is 0.159 e. The number of halogens is 2. The first-order valence-electron chi connectivity index (χ1n) is 4.63. The second-order valence-corrected chi connectivity index (χ2v) is 2.96. The van der Waals surface area contributed by atoms with E-state index >= 15 is 0 Å². The van der Waals surface area contributed by atoms with Crippen molar-refractivity contribution in [3.8, 4) is 11.8 Å². The van der Waals surface area contributed by atoms with E-state index in [0.717, 1.165) is 18.1 Å². The topological polar surface area (TPSA) is 0 Å². The van der Waals surface area contributed by atoms with Gasteiger partial charge in [0.05, 0.1) is 0 Å². The highest BCUT2D eigenvalue weighted by Crippen LogP contribution is 2.09. The van der Waals surface area contributed by atoms with Crippen LogP contribution in [0.25, 0.3) is 0 Å². The molecule has 2 heteroatoms. The molecule has 0 radical (unpaired) electrons. The predicted octanol–water partition coefficient (Wildman–Crippen LogP) is 3.31. The first kappa shape index (κ1) is 10.7. The predicted molar refractivity (Wildman–Crippen MR) is 52.7 cm³/mol. The van der Waals surface area contributed by atoms with E-state index in [9.17, 15) is 8.78 Å². The average molecular weight is 194 g/mol. The minimum atomic E-state index is -0.798. The van der Waals surface area contributed by atoms with Crippen molar-refractivity contribution in [2.45, 2.75) is 26.2 Å². The SMILES string of the molecule is CCC#CCCc1ccc(F)c(F)c1. The van der Waals surface area contributed by atoms with Gasteiger partial charge in [-0.05, 0) is 24.1 Å². The standard InChI is InChI=1S/C12H12F2/c1-2-3-4-5-6-10-7-8-11(13)12(14)9-10/h7-9H,2,5-6H2,1H3. The Labute approximate surface area is 83.0 Å². The van der Waals surface area contributed by atoms with Crippen LogP contribution in [0.15, 0.2) is 18.2 Å². The summed E-state index contributed by atoms with van der Waals surface area (Å²) in [7, 11) is 0. The molecule has 0 saturated carbocycles. The van der Waals surface area contributed by atoms with Gasteiger partial charge in [0, 0.05) is 12.8 Å². The third-order valence-electron chi connectivity index (χ3n) is 1.82. The summed E-state index contributed by atoms with van der Waals surface area (Å²) in [5.41, 5.74) is 0.786. The fourth-order valence-electron chi connectivity index (χ4n) is 1.12. The molecule has 1 aromatic carbocycles. The first-order valence-corrected chi connectivity index (χ1v) is 4.63. The lowest BCUT2D eigenvalue weighted by molar-refractivity contribution is 0.507. The molecule has 14 heavy (non-hydrogen) atoms. The summed E-state index contributed by atoms with van der Waals surface area (Å²) in [6.45, 7) is 1.98. The van der Waals surface area contributed by atoms with Gasteiger partial charge in [0.25, 0.3) is 0 Å². The van der Waals surface area contributed by atoms with Crippen molar-refractivity contribution in [1.82, 2.24) is 0 Å². The lowest BCUT2D eigenvalue weighted by Crippen LogP contribution is -1.88. The van der Waals surface area contributed by atoms with Crippen LogP contribution in [-0.2, 0) is 6.42 Å². The molecule has 0 saturated heterocycles. The molecule has 1 rings (SSSR count). The van der Waals surface area contributed by atoms with Gasteiger partial charge in [-0.15, -0.1) is 11.8 Å². The summed E-state index contributed by atoms with van der Waals surface area (Å²) in [5.74, 6) is 4.29. The minimum Gasteiger partial charge on any atom is -0.204 e. The van der Waals surface area contributed by atoms with Crippen LogP contribution in [0.1, 0.15) is 25.3 Å². The molecule has 74 valence electrons. The van der Waals surface area contributed by atoms with E-state index in [1.807, 2.05) is 6.92 Å². The van der Waals surface area contributed by atoms with Gasteiger partial charge in [0.15, 0.2) is 11.6 Å². The lowest BCUT2D eigenvalue weighted by Gasteiger charge is -1.98. The maximum absolute atomic E-state index is 12.7. The lowest BCUT2D eigenvalue weighted by atomic mass is 10.1. The summed E-state index contributed by atoms with van der Waals surface area (Å²) in [6, 6.07) is 3.97. The van der Waals surface area contributed by atoms with E-state index in [2.05, 4.69) is 11.8 Å². The second kappa shape index (κ2) is 5.39. The Morgan fingerprint density at radius 1 is 1.14 bits per heavy atom. The van der Waals surface area contributed by atoms with Crippen LogP contribution in [0.2, 0.25) is 0 Å². The third-order valence-corrected chi connectivity index (χ3v) is 1.82. The van der Waals surface area contributed by atoms with Crippen molar-refractivity contribution >= 4 is 0 Å². The summed E-state index contributed by atoms with van der Waals surface area (Å²) in [6.07, 6.45) is 2.20. The molecule has 0 aromatic heterocycles. The zero-order chi connectivity index (χ0) is 10.4. The van der Waals surface area contributed by atoms with Crippen LogP contribution >= 0.6 is 0 Å². The number of hydrogen-bond donors (Lipinski definition) is 0. The Kier molecular flexibility index (Phi) is 4.12. The van der Waals surface area contributed by atoms with Gasteiger partial charge in [-0.25, -0.2) is 8.78 Å². The molecule has 0 amide bonds. The molecule has 0 bridgehead atoms. The Morgan fingerprint density at radius 3 is 2.57 bits per heavy atom. The molecule has 0 heterocycles. The Bertz CT molecular complexity index is 358. The molecule has 0 aliphatic carbocycles. The van der Waals surface area contributed by atoms with Crippen LogP contribution in [-0.4, -0.2) is 0 Å². The van der Waals surface area contributed by atoms with Gasteiger partial charge < -0.3 is 0 Å². The van der Waals surface area contributed by atoms with Gasteiger partial charge in [0.1, 0.15) is 0 Å². The summed E-state index contributed by atoms with van der Waals surface area (Å²) in [5, 5.41) is 0. The molecule has 0 N–H and O–H groups in total. The molecule has 0 spiro atoms. The van der Waals surface area contributed by atoms with Crippen molar-refractivity contribution in [3.05, 3.63) is 35.4 Å². The summed E-state index contributed by atoms with van der Waals surface area (Å²) in [4.78, 5) is 0. The highest BCUT2D eigenvalue weighted by atomic mass is 19.2. The van der Waals surface area contributed by atoms with E-state index in [4.69, 9.17) is 0 Å². The van der Waals surface area contributed by atoms with Crippen molar-refractivity contribution in [1.29, 1.82) is 0 Å².